The number of carboxylic acid groups (broad SMARTS) is 1. The van der Waals surface area contributed by atoms with Gasteiger partial charge in [-0.1, -0.05) is 30.3 Å². The van der Waals surface area contributed by atoms with Crippen LogP contribution < -0.4 is 0 Å². The Morgan fingerprint density at radius 3 is 2.35 bits per heavy atom. The second-order valence-electron chi connectivity index (χ2n) is 5.40. The summed E-state index contributed by atoms with van der Waals surface area (Å²) in [5, 5.41) is 26.2. The highest BCUT2D eigenvalue weighted by molar-refractivity contribution is 5.66. The molecule has 0 radical (unpaired) electrons. The van der Waals surface area contributed by atoms with Crippen molar-refractivity contribution in [1.82, 2.24) is 0 Å². The number of hydrogen-bond donors (Lipinski definition) is 1. The number of carboxylic acids is 1. The standard InChI is InChI=1S/C15H19N3O2/c1-14(2,12-7-5-4-6-8-12)17-18-15(3,11-16)10-9-13(19)20/h4-8H,9-10H2,1-3H3,(H,19,20). The lowest BCUT2D eigenvalue weighted by Crippen LogP contribution is -2.22. The molecule has 5 nitrogen and oxygen atoms in total. The highest BCUT2D eigenvalue weighted by atomic mass is 16.4. The first-order valence-electron chi connectivity index (χ1n) is 6.42. The van der Waals surface area contributed by atoms with Crippen molar-refractivity contribution >= 4 is 5.97 Å². The molecule has 1 unspecified atom stereocenters. The van der Waals surface area contributed by atoms with Gasteiger partial charge in [0.15, 0.2) is 5.54 Å². The van der Waals surface area contributed by atoms with Crippen molar-refractivity contribution in [2.45, 2.75) is 44.7 Å². The van der Waals surface area contributed by atoms with Gasteiger partial charge in [-0.15, -0.1) is 0 Å². The fourth-order valence-electron chi connectivity index (χ4n) is 1.62. The van der Waals surface area contributed by atoms with Crippen LogP contribution in [-0.2, 0) is 10.3 Å². The molecule has 0 saturated heterocycles. The van der Waals surface area contributed by atoms with Crippen LogP contribution in [0.2, 0.25) is 0 Å². The molecule has 1 aromatic rings. The molecule has 20 heavy (non-hydrogen) atoms. The summed E-state index contributed by atoms with van der Waals surface area (Å²) in [6, 6.07) is 11.7. The van der Waals surface area contributed by atoms with E-state index in [2.05, 4.69) is 10.2 Å². The molecular formula is C15H19N3O2. The van der Waals surface area contributed by atoms with Crippen LogP contribution in [0, 0.1) is 11.3 Å². The normalized spacial score (nSPS) is 14.7. The van der Waals surface area contributed by atoms with Gasteiger partial charge < -0.3 is 5.11 Å². The predicted octanol–water partition coefficient (Wildman–Crippen LogP) is 3.52. The second-order valence-corrected chi connectivity index (χ2v) is 5.40. The smallest absolute Gasteiger partial charge is 0.303 e. The number of nitrogens with zero attached hydrogens (tertiary/aromatic N) is 3. The molecule has 1 atom stereocenters. The second kappa shape index (κ2) is 6.29. The Labute approximate surface area is 119 Å². The average Bonchev–Trinajstić information content (AvgIpc) is 2.44. The molecule has 0 saturated carbocycles. The summed E-state index contributed by atoms with van der Waals surface area (Å²) in [6.07, 6.45) is 0.0437. The third-order valence-electron chi connectivity index (χ3n) is 3.07. The third-order valence-corrected chi connectivity index (χ3v) is 3.07. The molecule has 106 valence electrons. The van der Waals surface area contributed by atoms with Crippen LogP contribution in [0.3, 0.4) is 0 Å². The Balaban J connectivity index is 2.88. The highest BCUT2D eigenvalue weighted by Gasteiger charge is 2.27. The first-order chi connectivity index (χ1) is 9.29. The zero-order valence-corrected chi connectivity index (χ0v) is 12.0. The topological polar surface area (TPSA) is 85.8 Å². The summed E-state index contributed by atoms with van der Waals surface area (Å²) in [5.41, 5.74) is -0.671. The number of rotatable bonds is 6. The van der Waals surface area contributed by atoms with E-state index in [-0.39, 0.29) is 12.8 Å². The predicted molar refractivity (Wildman–Crippen MR) is 75.2 cm³/mol. The Morgan fingerprint density at radius 2 is 1.85 bits per heavy atom. The van der Waals surface area contributed by atoms with E-state index in [9.17, 15) is 4.79 Å². The largest absolute Gasteiger partial charge is 0.481 e. The van der Waals surface area contributed by atoms with Crippen LogP contribution in [0.25, 0.3) is 0 Å². The molecule has 0 heterocycles. The molecule has 0 amide bonds. The number of azo groups is 1. The Morgan fingerprint density at radius 1 is 1.25 bits per heavy atom. The van der Waals surface area contributed by atoms with E-state index < -0.39 is 17.0 Å². The van der Waals surface area contributed by atoms with Gasteiger partial charge in [0, 0.05) is 6.42 Å². The van der Waals surface area contributed by atoms with Crippen molar-refractivity contribution in [1.29, 1.82) is 5.26 Å². The maximum absolute atomic E-state index is 10.6. The molecular weight excluding hydrogens is 254 g/mol. The third kappa shape index (κ3) is 4.47. The summed E-state index contributed by atoms with van der Waals surface area (Å²) >= 11 is 0. The molecule has 5 heteroatoms. The number of hydrogen-bond acceptors (Lipinski definition) is 4. The van der Waals surface area contributed by atoms with E-state index in [0.717, 1.165) is 5.56 Å². The summed E-state index contributed by atoms with van der Waals surface area (Å²) < 4.78 is 0. The minimum absolute atomic E-state index is 0.102. The summed E-state index contributed by atoms with van der Waals surface area (Å²) in [7, 11) is 0. The SMILES string of the molecule is CC(C#N)(CCC(=O)O)N=NC(C)(C)c1ccccc1. The summed E-state index contributed by atoms with van der Waals surface area (Å²) in [6.45, 7) is 5.40. The Bertz CT molecular complexity index is 532. The molecule has 0 aliphatic carbocycles. The number of aliphatic carboxylic acids is 1. The van der Waals surface area contributed by atoms with Crippen LogP contribution >= 0.6 is 0 Å². The van der Waals surface area contributed by atoms with Gasteiger partial charge >= 0.3 is 5.97 Å². The lowest BCUT2D eigenvalue weighted by atomic mass is 9.95. The van der Waals surface area contributed by atoms with E-state index in [1.165, 1.54) is 0 Å². The monoisotopic (exact) mass is 273 g/mol. The number of carbonyl (C=O) groups is 1. The van der Waals surface area contributed by atoms with Gasteiger partial charge in [0.2, 0.25) is 0 Å². The van der Waals surface area contributed by atoms with Crippen molar-refractivity contribution in [3.8, 4) is 6.07 Å². The van der Waals surface area contributed by atoms with E-state index in [1.807, 2.05) is 50.2 Å². The van der Waals surface area contributed by atoms with Gasteiger partial charge in [0.25, 0.3) is 0 Å². The minimum atomic E-state index is -1.11. The van der Waals surface area contributed by atoms with Gasteiger partial charge in [0.1, 0.15) is 5.54 Å². The molecule has 0 aromatic heterocycles. The van der Waals surface area contributed by atoms with E-state index in [1.54, 1.807) is 6.92 Å². The van der Waals surface area contributed by atoms with E-state index >= 15 is 0 Å². The Hall–Kier alpha value is -2.22. The van der Waals surface area contributed by atoms with Crippen LogP contribution in [0.1, 0.15) is 39.2 Å². The molecule has 0 bridgehead atoms. The van der Waals surface area contributed by atoms with Crippen molar-refractivity contribution in [2.24, 2.45) is 10.2 Å². The molecule has 1 aromatic carbocycles. The number of nitriles is 1. The molecule has 1 rings (SSSR count). The van der Waals surface area contributed by atoms with Gasteiger partial charge in [-0.2, -0.15) is 15.5 Å². The first kappa shape index (κ1) is 15.8. The van der Waals surface area contributed by atoms with Gasteiger partial charge in [-0.3, -0.25) is 4.79 Å². The Kier molecular flexibility index (Phi) is 4.98. The molecule has 0 aliphatic rings. The van der Waals surface area contributed by atoms with Crippen molar-refractivity contribution in [3.63, 3.8) is 0 Å². The van der Waals surface area contributed by atoms with Crippen molar-refractivity contribution < 1.29 is 9.90 Å². The molecule has 0 spiro atoms. The zero-order valence-electron chi connectivity index (χ0n) is 12.0. The summed E-state index contributed by atoms with van der Waals surface area (Å²) in [5.74, 6) is -0.941. The highest BCUT2D eigenvalue weighted by Crippen LogP contribution is 2.27. The fourth-order valence-corrected chi connectivity index (χ4v) is 1.62. The molecule has 1 N–H and O–H groups in total. The quantitative estimate of drug-likeness (QED) is 0.804. The lowest BCUT2D eigenvalue weighted by molar-refractivity contribution is -0.137. The van der Waals surface area contributed by atoms with Crippen LogP contribution in [0.4, 0.5) is 0 Å². The van der Waals surface area contributed by atoms with Crippen molar-refractivity contribution in [2.75, 3.05) is 0 Å². The van der Waals surface area contributed by atoms with Crippen molar-refractivity contribution in [3.05, 3.63) is 35.9 Å². The van der Waals surface area contributed by atoms with Gasteiger partial charge in [-0.05, 0) is 32.8 Å². The fraction of sp³-hybridized carbons (Fsp3) is 0.467. The first-order valence-corrected chi connectivity index (χ1v) is 6.42. The average molecular weight is 273 g/mol. The van der Waals surface area contributed by atoms with Gasteiger partial charge in [-0.25, -0.2) is 0 Å². The minimum Gasteiger partial charge on any atom is -0.481 e. The van der Waals surface area contributed by atoms with E-state index in [4.69, 9.17) is 10.4 Å². The van der Waals surface area contributed by atoms with Crippen LogP contribution in [0.15, 0.2) is 40.6 Å². The van der Waals surface area contributed by atoms with Gasteiger partial charge in [0.05, 0.1) is 6.07 Å². The zero-order chi connectivity index (χ0) is 15.2. The molecule has 0 fully saturated rings. The molecule has 0 aliphatic heterocycles. The summed E-state index contributed by atoms with van der Waals surface area (Å²) in [4.78, 5) is 10.6. The lowest BCUT2D eigenvalue weighted by Gasteiger charge is -2.21. The maximum atomic E-state index is 10.6. The van der Waals surface area contributed by atoms with Crippen LogP contribution in [-0.4, -0.2) is 16.6 Å². The van der Waals surface area contributed by atoms with E-state index in [0.29, 0.717) is 0 Å². The number of benzene rings is 1. The van der Waals surface area contributed by atoms with Crippen LogP contribution in [0.5, 0.6) is 0 Å². The maximum Gasteiger partial charge on any atom is 0.303 e.